The summed E-state index contributed by atoms with van der Waals surface area (Å²) in [6.07, 6.45) is 3.69. The number of benzene rings is 1. The highest BCUT2D eigenvalue weighted by molar-refractivity contribution is 7.17. The Morgan fingerprint density at radius 3 is 2.42 bits per heavy atom. The molecule has 0 fully saturated rings. The SMILES string of the molecule is O=C(O)c1nc(-n2cccc2)sc1-c1ccccc1. The van der Waals surface area contributed by atoms with Gasteiger partial charge >= 0.3 is 5.97 Å². The Morgan fingerprint density at radius 2 is 1.79 bits per heavy atom. The lowest BCUT2D eigenvalue weighted by Crippen LogP contribution is -1.99. The van der Waals surface area contributed by atoms with E-state index in [0.29, 0.717) is 10.0 Å². The van der Waals surface area contributed by atoms with Gasteiger partial charge in [0.25, 0.3) is 0 Å². The van der Waals surface area contributed by atoms with Crippen LogP contribution in [-0.2, 0) is 0 Å². The Balaban J connectivity index is 2.16. The topological polar surface area (TPSA) is 55.1 Å². The van der Waals surface area contributed by atoms with Gasteiger partial charge in [0.15, 0.2) is 10.8 Å². The van der Waals surface area contributed by atoms with E-state index in [1.807, 2.05) is 59.4 Å². The third kappa shape index (κ3) is 2.15. The Labute approximate surface area is 113 Å². The number of rotatable bonds is 3. The van der Waals surface area contributed by atoms with Crippen molar-refractivity contribution in [3.8, 4) is 15.6 Å². The summed E-state index contributed by atoms with van der Waals surface area (Å²) in [6.45, 7) is 0. The lowest BCUT2D eigenvalue weighted by atomic mass is 10.1. The first-order valence-corrected chi connectivity index (χ1v) is 6.50. The van der Waals surface area contributed by atoms with Gasteiger partial charge < -0.3 is 9.67 Å². The summed E-state index contributed by atoms with van der Waals surface area (Å²) >= 11 is 1.37. The minimum absolute atomic E-state index is 0.0971. The van der Waals surface area contributed by atoms with E-state index in [1.54, 1.807) is 0 Å². The van der Waals surface area contributed by atoms with Gasteiger partial charge in [0.1, 0.15) is 0 Å². The van der Waals surface area contributed by atoms with Gasteiger partial charge in [-0.25, -0.2) is 9.78 Å². The largest absolute Gasteiger partial charge is 0.476 e. The van der Waals surface area contributed by atoms with E-state index in [1.165, 1.54) is 11.3 Å². The average Bonchev–Trinajstić information content (AvgIpc) is 3.08. The molecule has 0 unspecified atom stereocenters. The fraction of sp³-hybridized carbons (Fsp3) is 0. The van der Waals surface area contributed by atoms with Crippen LogP contribution in [0.25, 0.3) is 15.6 Å². The molecule has 3 rings (SSSR count). The molecule has 0 spiro atoms. The Morgan fingerprint density at radius 1 is 1.11 bits per heavy atom. The lowest BCUT2D eigenvalue weighted by molar-refractivity contribution is 0.0692. The predicted molar refractivity (Wildman–Crippen MR) is 73.8 cm³/mol. The summed E-state index contributed by atoms with van der Waals surface area (Å²) in [5.41, 5.74) is 0.968. The zero-order chi connectivity index (χ0) is 13.2. The molecule has 0 aliphatic heterocycles. The van der Waals surface area contributed by atoms with Gasteiger partial charge in [-0.05, 0) is 17.7 Å². The van der Waals surface area contributed by atoms with Crippen LogP contribution in [-0.4, -0.2) is 20.6 Å². The molecule has 4 nitrogen and oxygen atoms in total. The summed E-state index contributed by atoms with van der Waals surface area (Å²) in [5, 5.41) is 9.93. The van der Waals surface area contributed by atoms with Crippen molar-refractivity contribution in [1.29, 1.82) is 0 Å². The van der Waals surface area contributed by atoms with Gasteiger partial charge in [0, 0.05) is 12.4 Å². The van der Waals surface area contributed by atoms with Crippen molar-refractivity contribution < 1.29 is 9.90 Å². The Hall–Kier alpha value is -2.40. The van der Waals surface area contributed by atoms with Crippen LogP contribution in [0.4, 0.5) is 0 Å². The second-order valence-corrected chi connectivity index (χ2v) is 4.91. The van der Waals surface area contributed by atoms with Crippen molar-refractivity contribution in [3.05, 3.63) is 60.6 Å². The fourth-order valence-electron chi connectivity index (χ4n) is 1.81. The van der Waals surface area contributed by atoms with E-state index in [9.17, 15) is 9.90 Å². The molecule has 0 atom stereocenters. The molecule has 19 heavy (non-hydrogen) atoms. The highest BCUT2D eigenvalue weighted by Gasteiger charge is 2.19. The van der Waals surface area contributed by atoms with E-state index in [4.69, 9.17) is 0 Å². The van der Waals surface area contributed by atoms with Crippen molar-refractivity contribution in [1.82, 2.24) is 9.55 Å². The van der Waals surface area contributed by atoms with Gasteiger partial charge in [0.05, 0.1) is 4.88 Å². The van der Waals surface area contributed by atoms with E-state index in [0.717, 1.165) is 5.56 Å². The molecule has 3 aromatic rings. The summed E-state index contributed by atoms with van der Waals surface area (Å²) in [5.74, 6) is -1.01. The first kappa shape index (κ1) is 11.7. The fourth-order valence-corrected chi connectivity index (χ4v) is 2.84. The molecule has 0 aliphatic carbocycles. The van der Waals surface area contributed by atoms with Crippen molar-refractivity contribution >= 4 is 17.3 Å². The third-order valence-corrected chi connectivity index (χ3v) is 3.80. The normalized spacial score (nSPS) is 10.5. The van der Waals surface area contributed by atoms with Crippen molar-refractivity contribution in [2.24, 2.45) is 0 Å². The van der Waals surface area contributed by atoms with E-state index >= 15 is 0 Å². The van der Waals surface area contributed by atoms with Crippen molar-refractivity contribution in [3.63, 3.8) is 0 Å². The summed E-state index contributed by atoms with van der Waals surface area (Å²) in [4.78, 5) is 16.2. The van der Waals surface area contributed by atoms with Crippen LogP contribution in [0, 0.1) is 0 Å². The van der Waals surface area contributed by atoms with E-state index in [-0.39, 0.29) is 5.69 Å². The average molecular weight is 270 g/mol. The number of carbonyl (C=O) groups is 1. The van der Waals surface area contributed by atoms with E-state index in [2.05, 4.69) is 4.98 Å². The smallest absolute Gasteiger partial charge is 0.356 e. The highest BCUT2D eigenvalue weighted by atomic mass is 32.1. The number of carboxylic acids is 1. The van der Waals surface area contributed by atoms with Crippen LogP contribution in [0.15, 0.2) is 54.9 Å². The minimum atomic E-state index is -1.01. The standard InChI is InChI=1S/C14H10N2O2S/c17-13(18)11-12(10-6-2-1-3-7-10)19-14(15-11)16-8-4-5-9-16/h1-9H,(H,17,18). The van der Waals surface area contributed by atoms with Gasteiger partial charge in [-0.3, -0.25) is 0 Å². The van der Waals surface area contributed by atoms with Crippen LogP contribution < -0.4 is 0 Å². The number of aromatic nitrogens is 2. The zero-order valence-corrected chi connectivity index (χ0v) is 10.7. The molecule has 0 saturated heterocycles. The zero-order valence-electron chi connectivity index (χ0n) is 9.85. The van der Waals surface area contributed by atoms with Crippen LogP contribution in [0.1, 0.15) is 10.5 Å². The molecular weight excluding hydrogens is 260 g/mol. The molecule has 2 aromatic heterocycles. The monoisotopic (exact) mass is 270 g/mol. The molecule has 5 heteroatoms. The minimum Gasteiger partial charge on any atom is -0.476 e. The number of hydrogen-bond acceptors (Lipinski definition) is 3. The van der Waals surface area contributed by atoms with Gasteiger partial charge in [0.2, 0.25) is 0 Å². The number of aromatic carboxylic acids is 1. The molecule has 1 N–H and O–H groups in total. The molecule has 0 aliphatic rings. The summed E-state index contributed by atoms with van der Waals surface area (Å²) in [7, 11) is 0. The molecule has 0 saturated carbocycles. The molecule has 94 valence electrons. The molecule has 0 bridgehead atoms. The maximum Gasteiger partial charge on any atom is 0.356 e. The lowest BCUT2D eigenvalue weighted by Gasteiger charge is -1.97. The number of hydrogen-bond donors (Lipinski definition) is 1. The van der Waals surface area contributed by atoms with Crippen LogP contribution in [0.5, 0.6) is 0 Å². The van der Waals surface area contributed by atoms with Crippen molar-refractivity contribution in [2.45, 2.75) is 0 Å². The first-order valence-electron chi connectivity index (χ1n) is 5.68. The maximum atomic E-state index is 11.3. The quantitative estimate of drug-likeness (QED) is 0.794. The number of nitrogens with zero attached hydrogens (tertiary/aromatic N) is 2. The van der Waals surface area contributed by atoms with Gasteiger partial charge in [-0.2, -0.15) is 0 Å². The molecular formula is C14H10N2O2S. The second kappa shape index (κ2) is 4.70. The predicted octanol–water partition coefficient (Wildman–Crippen LogP) is 3.30. The van der Waals surface area contributed by atoms with Crippen molar-refractivity contribution in [2.75, 3.05) is 0 Å². The van der Waals surface area contributed by atoms with Crippen LogP contribution in [0.2, 0.25) is 0 Å². The maximum absolute atomic E-state index is 11.3. The molecule has 2 heterocycles. The van der Waals surface area contributed by atoms with Crippen LogP contribution >= 0.6 is 11.3 Å². The molecule has 1 aromatic carbocycles. The Bertz CT molecular complexity index is 702. The van der Waals surface area contributed by atoms with E-state index < -0.39 is 5.97 Å². The summed E-state index contributed by atoms with van der Waals surface area (Å²) in [6, 6.07) is 13.2. The highest BCUT2D eigenvalue weighted by Crippen LogP contribution is 2.32. The third-order valence-electron chi connectivity index (χ3n) is 2.68. The van der Waals surface area contributed by atoms with Crippen LogP contribution in [0.3, 0.4) is 0 Å². The Kier molecular flexibility index (Phi) is 2.89. The molecule has 0 amide bonds. The molecule has 0 radical (unpaired) electrons. The number of thiazole rings is 1. The first-order chi connectivity index (χ1) is 9.25. The second-order valence-electron chi connectivity index (χ2n) is 3.94. The summed E-state index contributed by atoms with van der Waals surface area (Å²) < 4.78 is 1.81. The number of carboxylic acid groups (broad SMARTS) is 1. The van der Waals surface area contributed by atoms with Gasteiger partial charge in [-0.1, -0.05) is 41.7 Å². The van der Waals surface area contributed by atoms with Gasteiger partial charge in [-0.15, -0.1) is 0 Å².